The zero-order valence-corrected chi connectivity index (χ0v) is 12.2. The van der Waals surface area contributed by atoms with Gasteiger partial charge in [0, 0.05) is 5.56 Å². The van der Waals surface area contributed by atoms with Crippen molar-refractivity contribution in [2.24, 2.45) is 0 Å². The van der Waals surface area contributed by atoms with Gasteiger partial charge in [-0.15, -0.1) is 0 Å². The molecule has 0 aliphatic carbocycles. The Morgan fingerprint density at radius 2 is 1.89 bits per heavy atom. The molecular formula is C16H18ClNO. The van der Waals surface area contributed by atoms with E-state index in [0.717, 1.165) is 22.0 Å². The van der Waals surface area contributed by atoms with Crippen molar-refractivity contribution in [1.29, 1.82) is 0 Å². The lowest BCUT2D eigenvalue weighted by atomic mass is 10.0. The quantitative estimate of drug-likeness (QED) is 0.863. The molecule has 0 spiro atoms. The van der Waals surface area contributed by atoms with E-state index >= 15 is 0 Å². The van der Waals surface area contributed by atoms with E-state index in [-0.39, 0.29) is 6.04 Å². The molecule has 1 atom stereocenters. The minimum absolute atomic E-state index is 0.121. The van der Waals surface area contributed by atoms with E-state index in [1.54, 1.807) is 7.11 Å². The van der Waals surface area contributed by atoms with Crippen LogP contribution in [0.3, 0.4) is 0 Å². The van der Waals surface area contributed by atoms with Gasteiger partial charge >= 0.3 is 0 Å². The molecule has 100 valence electrons. The molecular weight excluding hydrogens is 258 g/mol. The van der Waals surface area contributed by atoms with E-state index in [9.17, 15) is 0 Å². The summed E-state index contributed by atoms with van der Waals surface area (Å²) in [7, 11) is 1.69. The lowest BCUT2D eigenvalue weighted by molar-refractivity contribution is 0.407. The van der Waals surface area contributed by atoms with Crippen molar-refractivity contribution < 1.29 is 4.74 Å². The molecule has 3 heteroatoms. The number of halogens is 1. The van der Waals surface area contributed by atoms with Gasteiger partial charge in [-0.3, -0.25) is 0 Å². The highest BCUT2D eigenvalue weighted by molar-refractivity contribution is 6.33. The molecule has 0 aliphatic heterocycles. The Morgan fingerprint density at radius 3 is 2.58 bits per heavy atom. The molecule has 0 fully saturated rings. The molecule has 2 aromatic carbocycles. The highest BCUT2D eigenvalue weighted by Gasteiger charge is 2.12. The Labute approximate surface area is 119 Å². The highest BCUT2D eigenvalue weighted by Crippen LogP contribution is 2.30. The number of rotatable bonds is 4. The van der Waals surface area contributed by atoms with Crippen LogP contribution in [0.25, 0.3) is 0 Å². The molecule has 0 amide bonds. The Morgan fingerprint density at radius 1 is 1.16 bits per heavy atom. The van der Waals surface area contributed by atoms with E-state index in [1.807, 2.05) is 30.3 Å². The summed E-state index contributed by atoms with van der Waals surface area (Å²) >= 11 is 6.16. The number of methoxy groups -OCH3 is 1. The van der Waals surface area contributed by atoms with Crippen LogP contribution < -0.4 is 10.1 Å². The fraction of sp³-hybridized carbons (Fsp3) is 0.250. The molecule has 1 N–H and O–H groups in total. The topological polar surface area (TPSA) is 21.3 Å². The number of aryl methyl sites for hydroxylation is 1. The van der Waals surface area contributed by atoms with Crippen molar-refractivity contribution in [2.75, 3.05) is 12.4 Å². The Kier molecular flexibility index (Phi) is 4.33. The van der Waals surface area contributed by atoms with Crippen LogP contribution in [0.2, 0.25) is 5.02 Å². The minimum atomic E-state index is 0.121. The molecule has 0 saturated carbocycles. The summed E-state index contributed by atoms with van der Waals surface area (Å²) < 4.78 is 5.44. The second-order valence-corrected chi connectivity index (χ2v) is 5.00. The van der Waals surface area contributed by atoms with Crippen molar-refractivity contribution >= 4 is 17.3 Å². The van der Waals surface area contributed by atoms with Gasteiger partial charge in [-0.2, -0.15) is 0 Å². The molecule has 0 radical (unpaired) electrons. The van der Waals surface area contributed by atoms with Crippen LogP contribution in [0.5, 0.6) is 5.75 Å². The molecule has 0 bridgehead atoms. The van der Waals surface area contributed by atoms with E-state index in [1.165, 1.54) is 5.56 Å². The van der Waals surface area contributed by atoms with Gasteiger partial charge in [0.05, 0.1) is 23.9 Å². The van der Waals surface area contributed by atoms with Gasteiger partial charge in [0.1, 0.15) is 5.75 Å². The van der Waals surface area contributed by atoms with Gasteiger partial charge in [0.2, 0.25) is 0 Å². The Bertz CT molecular complexity index is 568. The van der Waals surface area contributed by atoms with E-state index in [2.05, 4.69) is 31.3 Å². The number of hydrogen-bond acceptors (Lipinski definition) is 2. The first-order valence-corrected chi connectivity index (χ1v) is 6.65. The third kappa shape index (κ3) is 3.21. The van der Waals surface area contributed by atoms with E-state index in [4.69, 9.17) is 16.3 Å². The summed E-state index contributed by atoms with van der Waals surface area (Å²) in [6.07, 6.45) is 0. The lowest BCUT2D eigenvalue weighted by Crippen LogP contribution is -2.08. The van der Waals surface area contributed by atoms with Crippen LogP contribution in [0, 0.1) is 6.92 Å². The van der Waals surface area contributed by atoms with E-state index < -0.39 is 0 Å². The normalized spacial score (nSPS) is 12.0. The zero-order chi connectivity index (χ0) is 13.8. The average molecular weight is 276 g/mol. The number of para-hydroxylation sites is 1. The third-order valence-electron chi connectivity index (χ3n) is 3.10. The smallest absolute Gasteiger partial charge is 0.124 e. The predicted octanol–water partition coefficient (Wildman–Crippen LogP) is 4.83. The maximum atomic E-state index is 6.16. The first-order chi connectivity index (χ1) is 9.11. The lowest BCUT2D eigenvalue weighted by Gasteiger charge is -2.19. The second-order valence-electron chi connectivity index (χ2n) is 4.59. The molecule has 1 unspecified atom stereocenters. The number of anilines is 1. The summed E-state index contributed by atoms with van der Waals surface area (Å²) in [5.74, 6) is 0.895. The van der Waals surface area contributed by atoms with Crippen LogP contribution in [-0.4, -0.2) is 7.11 Å². The molecule has 0 aliphatic rings. The van der Waals surface area contributed by atoms with E-state index in [0.29, 0.717) is 0 Å². The average Bonchev–Trinajstić information content (AvgIpc) is 2.41. The van der Waals surface area contributed by atoms with Gasteiger partial charge in [-0.1, -0.05) is 35.9 Å². The summed E-state index contributed by atoms with van der Waals surface area (Å²) in [4.78, 5) is 0. The fourth-order valence-corrected chi connectivity index (χ4v) is 2.26. The monoisotopic (exact) mass is 275 g/mol. The minimum Gasteiger partial charge on any atom is -0.496 e. The van der Waals surface area contributed by atoms with Crippen LogP contribution in [0.4, 0.5) is 5.69 Å². The van der Waals surface area contributed by atoms with Crippen molar-refractivity contribution in [3.8, 4) is 5.75 Å². The largest absolute Gasteiger partial charge is 0.496 e. The predicted molar refractivity (Wildman–Crippen MR) is 81.2 cm³/mol. The maximum absolute atomic E-state index is 6.16. The summed E-state index contributed by atoms with van der Waals surface area (Å²) in [5.41, 5.74) is 3.23. The molecule has 19 heavy (non-hydrogen) atoms. The molecule has 0 heterocycles. The highest BCUT2D eigenvalue weighted by atomic mass is 35.5. The molecule has 2 rings (SSSR count). The fourth-order valence-electron chi connectivity index (χ4n) is 2.07. The molecule has 0 saturated heterocycles. The van der Waals surface area contributed by atoms with Crippen molar-refractivity contribution in [3.05, 3.63) is 58.6 Å². The zero-order valence-electron chi connectivity index (χ0n) is 11.4. The number of hydrogen-bond donors (Lipinski definition) is 1. The van der Waals surface area contributed by atoms with Crippen LogP contribution in [0.1, 0.15) is 24.1 Å². The van der Waals surface area contributed by atoms with Crippen molar-refractivity contribution in [3.63, 3.8) is 0 Å². The summed E-state index contributed by atoms with van der Waals surface area (Å²) in [6.45, 7) is 4.15. The summed E-state index contributed by atoms with van der Waals surface area (Å²) in [5, 5.41) is 4.13. The van der Waals surface area contributed by atoms with Crippen LogP contribution >= 0.6 is 11.6 Å². The Hall–Kier alpha value is -1.67. The van der Waals surface area contributed by atoms with Gasteiger partial charge < -0.3 is 10.1 Å². The second kappa shape index (κ2) is 5.98. The first-order valence-electron chi connectivity index (χ1n) is 6.27. The van der Waals surface area contributed by atoms with Crippen LogP contribution in [-0.2, 0) is 0 Å². The third-order valence-corrected chi connectivity index (χ3v) is 3.43. The molecule has 2 nitrogen and oxygen atoms in total. The number of benzene rings is 2. The van der Waals surface area contributed by atoms with Gasteiger partial charge in [0.15, 0.2) is 0 Å². The van der Waals surface area contributed by atoms with Gasteiger partial charge in [-0.05, 0) is 37.6 Å². The van der Waals surface area contributed by atoms with Crippen LogP contribution in [0.15, 0.2) is 42.5 Å². The van der Waals surface area contributed by atoms with Gasteiger partial charge in [-0.25, -0.2) is 0 Å². The maximum Gasteiger partial charge on any atom is 0.124 e. The SMILES string of the molecule is COc1cc(C)ccc1C(C)Nc1ccccc1Cl. The van der Waals surface area contributed by atoms with Crippen molar-refractivity contribution in [1.82, 2.24) is 0 Å². The molecule has 0 aromatic heterocycles. The standard InChI is InChI=1S/C16H18ClNO/c1-11-8-9-13(16(10-11)19-3)12(2)18-15-7-5-4-6-14(15)17/h4-10,12,18H,1-3H3. The van der Waals surface area contributed by atoms with Gasteiger partial charge in [0.25, 0.3) is 0 Å². The molecule has 2 aromatic rings. The Balaban J connectivity index is 2.25. The van der Waals surface area contributed by atoms with Crippen molar-refractivity contribution in [2.45, 2.75) is 19.9 Å². The number of ether oxygens (including phenoxy) is 1. The first kappa shape index (κ1) is 13.8. The summed E-state index contributed by atoms with van der Waals surface area (Å²) in [6, 6.07) is 14.1. The number of nitrogens with one attached hydrogen (secondary N) is 1.